The van der Waals surface area contributed by atoms with E-state index >= 15 is 0 Å². The van der Waals surface area contributed by atoms with Crippen LogP contribution in [0.1, 0.15) is 52.4 Å². The lowest BCUT2D eigenvalue weighted by molar-refractivity contribution is -0.134. The average molecular weight is 226 g/mol. The van der Waals surface area contributed by atoms with Crippen LogP contribution < -0.4 is 5.73 Å². The first kappa shape index (κ1) is 13.5. The van der Waals surface area contributed by atoms with Crippen LogP contribution in [0.5, 0.6) is 0 Å². The summed E-state index contributed by atoms with van der Waals surface area (Å²) in [6.07, 6.45) is 7.16. The summed E-state index contributed by atoms with van der Waals surface area (Å²) in [6, 6.07) is 0.277. The van der Waals surface area contributed by atoms with Gasteiger partial charge in [0.05, 0.1) is 0 Å². The van der Waals surface area contributed by atoms with Gasteiger partial charge < -0.3 is 10.6 Å². The Morgan fingerprint density at radius 1 is 1.31 bits per heavy atom. The van der Waals surface area contributed by atoms with Crippen molar-refractivity contribution in [3.05, 3.63) is 0 Å². The van der Waals surface area contributed by atoms with E-state index in [2.05, 4.69) is 13.8 Å². The number of rotatable bonds is 5. The number of hydrogen-bond acceptors (Lipinski definition) is 2. The monoisotopic (exact) mass is 226 g/mol. The maximum atomic E-state index is 12.1. The van der Waals surface area contributed by atoms with E-state index in [4.69, 9.17) is 5.73 Å². The molecule has 3 heteroatoms. The topological polar surface area (TPSA) is 46.3 Å². The summed E-state index contributed by atoms with van der Waals surface area (Å²) < 4.78 is 0. The summed E-state index contributed by atoms with van der Waals surface area (Å²) in [5, 5.41) is 0. The Morgan fingerprint density at radius 2 is 1.94 bits per heavy atom. The lowest BCUT2D eigenvalue weighted by Gasteiger charge is -2.29. The average Bonchev–Trinajstić information content (AvgIpc) is 2.26. The van der Waals surface area contributed by atoms with Gasteiger partial charge in [0.25, 0.3) is 0 Å². The second-order valence-electron chi connectivity index (χ2n) is 5.18. The zero-order valence-electron chi connectivity index (χ0n) is 10.7. The quantitative estimate of drug-likeness (QED) is 0.781. The van der Waals surface area contributed by atoms with Gasteiger partial charge in [-0.15, -0.1) is 0 Å². The maximum Gasteiger partial charge on any atom is 0.223 e. The first-order valence-electron chi connectivity index (χ1n) is 6.64. The summed E-state index contributed by atoms with van der Waals surface area (Å²) in [5.41, 5.74) is 5.54. The molecule has 0 aromatic heterocycles. The third kappa shape index (κ3) is 4.12. The molecule has 1 aliphatic rings. The van der Waals surface area contributed by atoms with Crippen molar-refractivity contribution in [1.29, 1.82) is 0 Å². The first-order chi connectivity index (χ1) is 7.65. The summed E-state index contributed by atoms with van der Waals surface area (Å²) >= 11 is 0. The van der Waals surface area contributed by atoms with Crippen molar-refractivity contribution in [2.75, 3.05) is 13.1 Å². The molecule has 0 radical (unpaired) electrons. The van der Waals surface area contributed by atoms with Crippen molar-refractivity contribution in [3.63, 3.8) is 0 Å². The van der Waals surface area contributed by atoms with Gasteiger partial charge in [-0.2, -0.15) is 0 Å². The van der Waals surface area contributed by atoms with E-state index in [9.17, 15) is 4.79 Å². The third-order valence-corrected chi connectivity index (χ3v) is 3.50. The second-order valence-corrected chi connectivity index (χ2v) is 5.18. The Kier molecular flexibility index (Phi) is 5.81. The van der Waals surface area contributed by atoms with E-state index in [0.29, 0.717) is 24.9 Å². The van der Waals surface area contributed by atoms with Crippen LogP contribution in [0.3, 0.4) is 0 Å². The van der Waals surface area contributed by atoms with Crippen molar-refractivity contribution in [1.82, 2.24) is 4.90 Å². The Hall–Kier alpha value is -0.570. The lowest BCUT2D eigenvalue weighted by Crippen LogP contribution is -2.41. The van der Waals surface area contributed by atoms with Crippen molar-refractivity contribution < 1.29 is 4.79 Å². The molecule has 0 heterocycles. The van der Waals surface area contributed by atoms with Crippen LogP contribution in [0.2, 0.25) is 0 Å². The van der Waals surface area contributed by atoms with Gasteiger partial charge in [-0.3, -0.25) is 4.79 Å². The molecular formula is C13H26N2O. The molecule has 0 aliphatic heterocycles. The molecule has 0 saturated heterocycles. The molecule has 0 spiro atoms. The zero-order valence-corrected chi connectivity index (χ0v) is 10.7. The summed E-state index contributed by atoms with van der Waals surface area (Å²) in [5.74, 6) is 0.924. The van der Waals surface area contributed by atoms with E-state index in [1.807, 2.05) is 4.90 Å². The van der Waals surface area contributed by atoms with E-state index in [0.717, 1.165) is 6.42 Å². The van der Waals surface area contributed by atoms with Crippen molar-refractivity contribution in [3.8, 4) is 0 Å². The molecular weight excluding hydrogens is 200 g/mol. The third-order valence-electron chi connectivity index (χ3n) is 3.50. The van der Waals surface area contributed by atoms with Crippen LogP contribution >= 0.6 is 0 Å². The smallest absolute Gasteiger partial charge is 0.223 e. The van der Waals surface area contributed by atoms with Crippen molar-refractivity contribution in [2.24, 2.45) is 11.7 Å². The van der Waals surface area contributed by atoms with E-state index in [1.54, 1.807) is 0 Å². The predicted molar refractivity (Wildman–Crippen MR) is 67.1 cm³/mol. The van der Waals surface area contributed by atoms with Gasteiger partial charge in [0, 0.05) is 25.6 Å². The Morgan fingerprint density at radius 3 is 2.44 bits per heavy atom. The van der Waals surface area contributed by atoms with Gasteiger partial charge in [0.2, 0.25) is 5.91 Å². The molecule has 1 saturated carbocycles. The zero-order chi connectivity index (χ0) is 12.0. The molecule has 16 heavy (non-hydrogen) atoms. The fourth-order valence-electron chi connectivity index (χ4n) is 2.57. The van der Waals surface area contributed by atoms with Gasteiger partial charge in [0.1, 0.15) is 0 Å². The minimum Gasteiger partial charge on any atom is -0.339 e. The number of carbonyl (C=O) groups excluding carboxylic acids is 1. The molecule has 0 aromatic rings. The molecule has 0 unspecified atom stereocenters. The van der Waals surface area contributed by atoms with E-state index in [1.165, 1.54) is 32.1 Å². The summed E-state index contributed by atoms with van der Waals surface area (Å²) in [7, 11) is 0. The molecule has 0 atom stereocenters. The fourth-order valence-corrected chi connectivity index (χ4v) is 2.57. The van der Waals surface area contributed by atoms with E-state index in [-0.39, 0.29) is 6.04 Å². The molecule has 1 rings (SSSR count). The summed E-state index contributed by atoms with van der Waals surface area (Å²) in [6.45, 7) is 5.39. The Labute approximate surface area is 99.4 Å². The second kappa shape index (κ2) is 6.89. The molecule has 3 nitrogen and oxygen atoms in total. The summed E-state index contributed by atoms with van der Waals surface area (Å²) in [4.78, 5) is 14.0. The molecule has 94 valence electrons. The number of hydrogen-bond donors (Lipinski definition) is 1. The lowest BCUT2D eigenvalue weighted by atomic mass is 9.86. The number of nitrogens with two attached hydrogens (primary N) is 1. The minimum absolute atomic E-state index is 0.277. The van der Waals surface area contributed by atoms with Crippen LogP contribution in [0.4, 0.5) is 0 Å². The minimum atomic E-state index is 0.277. The molecule has 2 N–H and O–H groups in total. The highest BCUT2D eigenvalue weighted by molar-refractivity contribution is 5.76. The maximum absolute atomic E-state index is 12.1. The van der Waals surface area contributed by atoms with Crippen LogP contribution in [0.25, 0.3) is 0 Å². The molecule has 1 aliphatic carbocycles. The number of carbonyl (C=O) groups is 1. The van der Waals surface area contributed by atoms with Gasteiger partial charge in [-0.05, 0) is 32.6 Å². The number of nitrogens with zero attached hydrogens (tertiary/aromatic N) is 1. The Bertz CT molecular complexity index is 210. The van der Waals surface area contributed by atoms with Gasteiger partial charge in [-0.1, -0.05) is 19.3 Å². The molecule has 1 amide bonds. The fraction of sp³-hybridized carbons (Fsp3) is 0.923. The van der Waals surface area contributed by atoms with Crippen LogP contribution in [-0.4, -0.2) is 29.9 Å². The van der Waals surface area contributed by atoms with Crippen LogP contribution in [-0.2, 0) is 4.79 Å². The van der Waals surface area contributed by atoms with Gasteiger partial charge >= 0.3 is 0 Å². The van der Waals surface area contributed by atoms with E-state index < -0.39 is 0 Å². The van der Waals surface area contributed by atoms with Gasteiger partial charge in [-0.25, -0.2) is 0 Å². The largest absolute Gasteiger partial charge is 0.339 e. The van der Waals surface area contributed by atoms with Gasteiger partial charge in [0.15, 0.2) is 0 Å². The first-order valence-corrected chi connectivity index (χ1v) is 6.64. The predicted octanol–water partition coefficient (Wildman–Crippen LogP) is 2.15. The molecule has 0 bridgehead atoms. The molecule has 0 aromatic carbocycles. The highest BCUT2D eigenvalue weighted by Crippen LogP contribution is 2.27. The highest BCUT2D eigenvalue weighted by Gasteiger charge is 2.21. The highest BCUT2D eigenvalue weighted by atomic mass is 16.2. The standard InChI is InChI=1S/C13H26N2O/c1-11(2)15(9-8-14)13(16)10-12-6-4-3-5-7-12/h11-12H,3-10,14H2,1-2H3. The number of amides is 1. The normalized spacial score (nSPS) is 17.8. The van der Waals surface area contributed by atoms with Crippen LogP contribution in [0.15, 0.2) is 0 Å². The van der Waals surface area contributed by atoms with Crippen molar-refractivity contribution in [2.45, 2.75) is 58.4 Å². The molecule has 1 fully saturated rings. The Balaban J connectivity index is 2.40. The van der Waals surface area contributed by atoms with Crippen LogP contribution in [0, 0.1) is 5.92 Å². The SMILES string of the molecule is CC(C)N(CCN)C(=O)CC1CCCCC1. The van der Waals surface area contributed by atoms with Crippen molar-refractivity contribution >= 4 is 5.91 Å².